The minimum absolute atomic E-state index is 0.583. The topological polar surface area (TPSA) is 51.3 Å². The molecule has 0 spiro atoms. The monoisotopic (exact) mass is 175 g/mol. The summed E-state index contributed by atoms with van der Waals surface area (Å²) in [5.74, 6) is 0.583. The predicted molar refractivity (Wildman–Crippen MR) is 54.0 cm³/mol. The maximum Gasteiger partial charge on any atom is 0.123 e. The van der Waals surface area contributed by atoms with Crippen molar-refractivity contribution in [3.8, 4) is 0 Å². The zero-order valence-corrected chi connectivity index (χ0v) is 7.75. The van der Waals surface area contributed by atoms with Crippen LogP contribution in [0.5, 0.6) is 0 Å². The Hall–Kier alpha value is -1.38. The van der Waals surface area contributed by atoms with Crippen LogP contribution in [0.4, 0.5) is 5.82 Å². The number of anilines is 1. The van der Waals surface area contributed by atoms with Gasteiger partial charge in [0.05, 0.1) is 0 Å². The second-order valence-corrected chi connectivity index (χ2v) is 3.30. The van der Waals surface area contributed by atoms with E-state index in [2.05, 4.69) is 9.98 Å². The van der Waals surface area contributed by atoms with Crippen molar-refractivity contribution in [2.45, 2.75) is 19.8 Å². The normalized spacial score (nSPS) is 15.9. The number of nitrogens with two attached hydrogens (primary N) is 1. The number of aliphatic imine (C=N–C) groups is 1. The van der Waals surface area contributed by atoms with Crippen molar-refractivity contribution < 1.29 is 0 Å². The summed E-state index contributed by atoms with van der Waals surface area (Å²) in [6.45, 7) is 2.94. The van der Waals surface area contributed by atoms with E-state index in [1.807, 2.05) is 19.1 Å². The van der Waals surface area contributed by atoms with Crippen molar-refractivity contribution in [2.24, 2.45) is 4.99 Å². The maximum absolute atomic E-state index is 5.58. The molecule has 2 N–H and O–H groups in total. The van der Waals surface area contributed by atoms with Gasteiger partial charge in [0.15, 0.2) is 0 Å². The van der Waals surface area contributed by atoms with Crippen LogP contribution in [-0.2, 0) is 0 Å². The Morgan fingerprint density at radius 3 is 2.85 bits per heavy atom. The highest BCUT2D eigenvalue weighted by molar-refractivity contribution is 6.02. The van der Waals surface area contributed by atoms with Crippen LogP contribution in [0.3, 0.4) is 0 Å². The van der Waals surface area contributed by atoms with Gasteiger partial charge in [-0.05, 0) is 31.9 Å². The van der Waals surface area contributed by atoms with Crippen LogP contribution in [0.25, 0.3) is 0 Å². The number of aromatic nitrogens is 1. The van der Waals surface area contributed by atoms with Gasteiger partial charge in [-0.15, -0.1) is 0 Å². The van der Waals surface area contributed by atoms with Crippen molar-refractivity contribution >= 4 is 11.5 Å². The fourth-order valence-corrected chi connectivity index (χ4v) is 1.64. The largest absolute Gasteiger partial charge is 0.384 e. The molecule has 68 valence electrons. The predicted octanol–water partition coefficient (Wildman–Crippen LogP) is 1.56. The Morgan fingerprint density at radius 2 is 2.23 bits per heavy atom. The first-order chi connectivity index (χ1) is 6.27. The average molecular weight is 175 g/mol. The molecule has 3 nitrogen and oxygen atoms in total. The Labute approximate surface area is 77.7 Å². The molecule has 0 saturated heterocycles. The van der Waals surface area contributed by atoms with Gasteiger partial charge < -0.3 is 5.73 Å². The van der Waals surface area contributed by atoms with Crippen LogP contribution in [0, 0.1) is 6.92 Å². The summed E-state index contributed by atoms with van der Waals surface area (Å²) in [5.41, 5.74) is 8.91. The van der Waals surface area contributed by atoms with Gasteiger partial charge in [-0.2, -0.15) is 0 Å². The quantitative estimate of drug-likeness (QED) is 0.704. The summed E-state index contributed by atoms with van der Waals surface area (Å²) in [6.07, 6.45) is 2.24. The molecule has 0 fully saturated rings. The first-order valence-corrected chi connectivity index (χ1v) is 4.54. The summed E-state index contributed by atoms with van der Waals surface area (Å²) in [5, 5.41) is 0. The van der Waals surface area contributed by atoms with Gasteiger partial charge >= 0.3 is 0 Å². The standard InChI is InChI=1S/C10H13N3/c1-7-8(4-5-10(11)13-7)9-3-2-6-12-9/h4-5H,2-3,6H2,1H3,(H2,11,13). The Morgan fingerprint density at radius 1 is 1.38 bits per heavy atom. The number of nitrogen functional groups attached to an aromatic ring is 1. The van der Waals surface area contributed by atoms with Gasteiger partial charge in [0.1, 0.15) is 5.82 Å². The lowest BCUT2D eigenvalue weighted by molar-refractivity contribution is 0.951. The van der Waals surface area contributed by atoms with Crippen molar-refractivity contribution in [1.82, 2.24) is 4.98 Å². The van der Waals surface area contributed by atoms with Gasteiger partial charge in [0.2, 0.25) is 0 Å². The highest BCUT2D eigenvalue weighted by atomic mass is 14.8. The molecule has 0 atom stereocenters. The van der Waals surface area contributed by atoms with E-state index in [0.717, 1.165) is 24.2 Å². The van der Waals surface area contributed by atoms with Gasteiger partial charge in [-0.25, -0.2) is 4.98 Å². The molecular formula is C10H13N3. The van der Waals surface area contributed by atoms with Crippen LogP contribution in [0.15, 0.2) is 17.1 Å². The molecule has 0 radical (unpaired) electrons. The van der Waals surface area contributed by atoms with Crippen molar-refractivity contribution in [1.29, 1.82) is 0 Å². The van der Waals surface area contributed by atoms with Crippen molar-refractivity contribution in [3.05, 3.63) is 23.4 Å². The van der Waals surface area contributed by atoms with Gasteiger partial charge in [0.25, 0.3) is 0 Å². The van der Waals surface area contributed by atoms with E-state index >= 15 is 0 Å². The smallest absolute Gasteiger partial charge is 0.123 e. The maximum atomic E-state index is 5.58. The number of hydrogen-bond donors (Lipinski definition) is 1. The van der Waals surface area contributed by atoms with E-state index in [0.29, 0.717) is 5.82 Å². The lowest BCUT2D eigenvalue weighted by Crippen LogP contribution is -2.03. The molecule has 0 saturated carbocycles. The molecule has 1 aliphatic heterocycles. The molecule has 1 aromatic heterocycles. The molecule has 2 rings (SSSR count). The minimum Gasteiger partial charge on any atom is -0.384 e. The summed E-state index contributed by atoms with van der Waals surface area (Å²) >= 11 is 0. The number of rotatable bonds is 1. The number of aryl methyl sites for hydroxylation is 1. The SMILES string of the molecule is Cc1nc(N)ccc1C1=NCCC1. The molecule has 2 heterocycles. The molecule has 0 aromatic carbocycles. The average Bonchev–Trinajstić information content (AvgIpc) is 2.56. The third-order valence-electron chi connectivity index (χ3n) is 2.29. The van der Waals surface area contributed by atoms with E-state index in [1.165, 1.54) is 12.1 Å². The number of pyridine rings is 1. The molecule has 0 aliphatic carbocycles. The summed E-state index contributed by atoms with van der Waals surface area (Å²) in [4.78, 5) is 8.65. The van der Waals surface area contributed by atoms with Crippen LogP contribution in [-0.4, -0.2) is 17.2 Å². The third-order valence-corrected chi connectivity index (χ3v) is 2.29. The van der Waals surface area contributed by atoms with Gasteiger partial charge in [0, 0.05) is 23.5 Å². The molecule has 13 heavy (non-hydrogen) atoms. The van der Waals surface area contributed by atoms with Crippen molar-refractivity contribution in [2.75, 3.05) is 12.3 Å². The fourth-order valence-electron chi connectivity index (χ4n) is 1.64. The van der Waals surface area contributed by atoms with Crippen LogP contribution in [0.2, 0.25) is 0 Å². The lowest BCUT2D eigenvalue weighted by Gasteiger charge is -2.04. The van der Waals surface area contributed by atoms with E-state index < -0.39 is 0 Å². The van der Waals surface area contributed by atoms with E-state index in [-0.39, 0.29) is 0 Å². The van der Waals surface area contributed by atoms with E-state index in [1.54, 1.807) is 0 Å². The van der Waals surface area contributed by atoms with E-state index in [9.17, 15) is 0 Å². The number of hydrogen-bond acceptors (Lipinski definition) is 3. The lowest BCUT2D eigenvalue weighted by atomic mass is 10.1. The Balaban J connectivity index is 2.40. The molecule has 0 amide bonds. The third kappa shape index (κ3) is 1.54. The fraction of sp³-hybridized carbons (Fsp3) is 0.400. The van der Waals surface area contributed by atoms with E-state index in [4.69, 9.17) is 5.73 Å². The molecule has 0 unspecified atom stereocenters. The summed E-state index contributed by atoms with van der Waals surface area (Å²) in [7, 11) is 0. The second kappa shape index (κ2) is 3.17. The van der Waals surface area contributed by atoms with Gasteiger partial charge in [-0.1, -0.05) is 0 Å². The van der Waals surface area contributed by atoms with Gasteiger partial charge in [-0.3, -0.25) is 4.99 Å². The molecular weight excluding hydrogens is 162 g/mol. The first kappa shape index (κ1) is 8.23. The highest BCUT2D eigenvalue weighted by Crippen LogP contribution is 2.16. The Kier molecular flexibility index (Phi) is 2.00. The van der Waals surface area contributed by atoms with Crippen LogP contribution in [0.1, 0.15) is 24.1 Å². The Bertz CT molecular complexity index is 355. The van der Waals surface area contributed by atoms with Crippen LogP contribution >= 0.6 is 0 Å². The molecule has 1 aromatic rings. The van der Waals surface area contributed by atoms with Crippen molar-refractivity contribution in [3.63, 3.8) is 0 Å². The number of nitrogens with zero attached hydrogens (tertiary/aromatic N) is 2. The highest BCUT2D eigenvalue weighted by Gasteiger charge is 2.11. The summed E-state index contributed by atoms with van der Waals surface area (Å²) in [6, 6.07) is 3.85. The first-order valence-electron chi connectivity index (χ1n) is 4.54. The zero-order valence-electron chi connectivity index (χ0n) is 7.75. The minimum atomic E-state index is 0.583. The second-order valence-electron chi connectivity index (χ2n) is 3.30. The molecule has 0 bridgehead atoms. The van der Waals surface area contributed by atoms with Crippen LogP contribution < -0.4 is 5.73 Å². The molecule has 1 aliphatic rings. The zero-order chi connectivity index (χ0) is 9.26. The summed E-state index contributed by atoms with van der Waals surface area (Å²) < 4.78 is 0. The molecule has 3 heteroatoms.